The number of amides is 2. The first-order valence-corrected chi connectivity index (χ1v) is 8.09. The van der Waals surface area contributed by atoms with E-state index in [9.17, 15) is 9.18 Å². The number of aryl methyl sites for hydroxylation is 1. The van der Waals surface area contributed by atoms with Crippen molar-refractivity contribution in [2.24, 2.45) is 0 Å². The van der Waals surface area contributed by atoms with Gasteiger partial charge in [0.05, 0.1) is 6.04 Å². The fraction of sp³-hybridized carbons (Fsp3) is 0.389. The van der Waals surface area contributed by atoms with Crippen LogP contribution in [0.3, 0.4) is 0 Å². The second-order valence-corrected chi connectivity index (χ2v) is 6.02. The van der Waals surface area contributed by atoms with E-state index in [4.69, 9.17) is 0 Å². The average molecular weight is 315 g/mol. The van der Waals surface area contributed by atoms with Crippen LogP contribution in [-0.2, 0) is 6.54 Å². The van der Waals surface area contributed by atoms with Crippen molar-refractivity contribution in [2.45, 2.75) is 39.3 Å². The van der Waals surface area contributed by atoms with Crippen LogP contribution in [0.25, 0.3) is 0 Å². The molecule has 2 aromatic rings. The van der Waals surface area contributed by atoms with E-state index in [-0.39, 0.29) is 17.9 Å². The van der Waals surface area contributed by atoms with E-state index in [1.807, 2.05) is 11.0 Å². The molecule has 2 heterocycles. The highest BCUT2D eigenvalue weighted by molar-refractivity contribution is 5.89. The van der Waals surface area contributed by atoms with Gasteiger partial charge in [-0.2, -0.15) is 0 Å². The third-order valence-electron chi connectivity index (χ3n) is 4.41. The van der Waals surface area contributed by atoms with Crippen molar-refractivity contribution >= 4 is 11.7 Å². The van der Waals surface area contributed by atoms with E-state index in [2.05, 4.69) is 29.1 Å². The van der Waals surface area contributed by atoms with Crippen molar-refractivity contribution in [1.82, 2.24) is 9.47 Å². The largest absolute Gasteiger partial charge is 0.348 e. The third kappa shape index (κ3) is 3.09. The lowest BCUT2D eigenvalue weighted by molar-refractivity contribution is 0.163. The molecule has 1 aromatic heterocycles. The highest BCUT2D eigenvalue weighted by Gasteiger charge is 2.30. The summed E-state index contributed by atoms with van der Waals surface area (Å²) in [6, 6.07) is 8.78. The van der Waals surface area contributed by atoms with Crippen LogP contribution in [0.2, 0.25) is 0 Å². The van der Waals surface area contributed by atoms with Gasteiger partial charge in [0, 0.05) is 30.7 Å². The lowest BCUT2D eigenvalue weighted by atomic mass is 10.0. The summed E-state index contributed by atoms with van der Waals surface area (Å²) in [4.78, 5) is 14.5. The lowest BCUT2D eigenvalue weighted by Gasteiger charge is -2.37. The Morgan fingerprint density at radius 3 is 2.91 bits per heavy atom. The number of benzene rings is 1. The first kappa shape index (κ1) is 15.6. The number of nitrogens with one attached hydrogen (secondary N) is 1. The van der Waals surface area contributed by atoms with Crippen LogP contribution in [0.5, 0.6) is 0 Å². The predicted octanol–water partition coefficient (Wildman–Crippen LogP) is 4.32. The molecule has 0 spiro atoms. The van der Waals surface area contributed by atoms with E-state index in [0.717, 1.165) is 19.4 Å². The molecule has 1 aliphatic rings. The third-order valence-corrected chi connectivity index (χ3v) is 4.41. The summed E-state index contributed by atoms with van der Waals surface area (Å²) >= 11 is 0. The topological polar surface area (TPSA) is 37.3 Å². The highest BCUT2D eigenvalue weighted by Crippen LogP contribution is 2.30. The molecule has 0 saturated carbocycles. The summed E-state index contributed by atoms with van der Waals surface area (Å²) in [6.07, 6.45) is 3.97. The fourth-order valence-electron chi connectivity index (χ4n) is 3.15. The van der Waals surface area contributed by atoms with Crippen LogP contribution in [0.4, 0.5) is 14.9 Å². The first-order valence-electron chi connectivity index (χ1n) is 8.09. The maximum Gasteiger partial charge on any atom is 0.322 e. The second kappa shape index (κ2) is 6.44. The van der Waals surface area contributed by atoms with Crippen LogP contribution in [-0.4, -0.2) is 22.0 Å². The summed E-state index contributed by atoms with van der Waals surface area (Å²) in [5.74, 6) is -0.305. The van der Waals surface area contributed by atoms with Gasteiger partial charge in [0.15, 0.2) is 0 Å². The van der Waals surface area contributed by atoms with Crippen molar-refractivity contribution in [1.29, 1.82) is 0 Å². The minimum absolute atomic E-state index is 0.0686. The van der Waals surface area contributed by atoms with Crippen LogP contribution >= 0.6 is 0 Å². The van der Waals surface area contributed by atoms with Crippen molar-refractivity contribution in [3.05, 3.63) is 53.6 Å². The zero-order valence-electron chi connectivity index (χ0n) is 13.6. The first-order chi connectivity index (χ1) is 11.1. The Kier molecular flexibility index (Phi) is 4.37. The van der Waals surface area contributed by atoms with E-state index in [0.29, 0.717) is 17.8 Å². The van der Waals surface area contributed by atoms with Gasteiger partial charge in [-0.1, -0.05) is 19.4 Å². The molecule has 1 atom stereocenters. The number of hydrogen-bond donors (Lipinski definition) is 1. The maximum atomic E-state index is 13.7. The SMILES string of the molecule is CCC[C@@H]1c2cccn2CCN1C(=O)Nc1ccc(C)c(F)c1. The van der Waals surface area contributed by atoms with Crippen molar-refractivity contribution in [3.63, 3.8) is 0 Å². The number of carbonyl (C=O) groups is 1. The summed E-state index contributed by atoms with van der Waals surface area (Å²) in [5, 5.41) is 2.83. The van der Waals surface area contributed by atoms with Gasteiger partial charge in [-0.25, -0.2) is 9.18 Å². The van der Waals surface area contributed by atoms with Gasteiger partial charge < -0.3 is 14.8 Å². The second-order valence-electron chi connectivity index (χ2n) is 6.02. The fourth-order valence-corrected chi connectivity index (χ4v) is 3.15. The van der Waals surface area contributed by atoms with Gasteiger partial charge in [-0.15, -0.1) is 0 Å². The van der Waals surface area contributed by atoms with Gasteiger partial charge >= 0.3 is 6.03 Å². The van der Waals surface area contributed by atoms with Crippen molar-refractivity contribution < 1.29 is 9.18 Å². The smallest absolute Gasteiger partial charge is 0.322 e. The summed E-state index contributed by atoms with van der Waals surface area (Å²) in [5.41, 5.74) is 2.24. The monoisotopic (exact) mass is 315 g/mol. The van der Waals surface area contributed by atoms with Crippen LogP contribution in [0, 0.1) is 12.7 Å². The predicted molar refractivity (Wildman–Crippen MR) is 88.9 cm³/mol. The molecule has 1 aromatic carbocycles. The van der Waals surface area contributed by atoms with Gasteiger partial charge in [-0.05, 0) is 43.2 Å². The number of halogens is 1. The molecular weight excluding hydrogens is 293 g/mol. The van der Waals surface area contributed by atoms with Crippen LogP contribution in [0.1, 0.15) is 37.1 Å². The summed E-state index contributed by atoms with van der Waals surface area (Å²) in [6.45, 7) is 5.27. The number of hydrogen-bond acceptors (Lipinski definition) is 1. The molecule has 0 unspecified atom stereocenters. The molecule has 0 fully saturated rings. The Bertz CT molecular complexity index is 710. The van der Waals surface area contributed by atoms with Crippen LogP contribution < -0.4 is 5.32 Å². The number of nitrogens with zero attached hydrogens (tertiary/aromatic N) is 2. The molecule has 5 heteroatoms. The normalized spacial score (nSPS) is 17.0. The zero-order chi connectivity index (χ0) is 16.4. The number of aromatic nitrogens is 1. The molecular formula is C18H22FN3O. The number of urea groups is 1. The van der Waals surface area contributed by atoms with E-state index in [1.165, 1.54) is 11.8 Å². The Morgan fingerprint density at radius 1 is 1.35 bits per heavy atom. The number of anilines is 1. The molecule has 0 saturated heterocycles. The molecule has 23 heavy (non-hydrogen) atoms. The summed E-state index contributed by atoms with van der Waals surface area (Å²) < 4.78 is 15.9. The number of carbonyl (C=O) groups excluding carboxylic acids is 1. The minimum atomic E-state index is -0.305. The summed E-state index contributed by atoms with van der Waals surface area (Å²) in [7, 11) is 0. The van der Waals surface area contributed by atoms with E-state index >= 15 is 0 Å². The molecule has 0 radical (unpaired) electrons. The number of rotatable bonds is 3. The van der Waals surface area contributed by atoms with Crippen molar-refractivity contribution in [2.75, 3.05) is 11.9 Å². The quantitative estimate of drug-likeness (QED) is 0.899. The maximum absolute atomic E-state index is 13.7. The average Bonchev–Trinajstić information content (AvgIpc) is 3.00. The molecule has 0 bridgehead atoms. The van der Waals surface area contributed by atoms with Crippen LogP contribution in [0.15, 0.2) is 36.5 Å². The molecule has 1 N–H and O–H groups in total. The molecule has 1 aliphatic heterocycles. The van der Waals surface area contributed by atoms with E-state index in [1.54, 1.807) is 19.1 Å². The Morgan fingerprint density at radius 2 is 2.17 bits per heavy atom. The molecule has 2 amide bonds. The van der Waals surface area contributed by atoms with E-state index < -0.39 is 0 Å². The Labute approximate surface area is 135 Å². The zero-order valence-corrected chi connectivity index (χ0v) is 13.6. The van der Waals surface area contributed by atoms with Gasteiger partial charge in [-0.3, -0.25) is 0 Å². The van der Waals surface area contributed by atoms with Crippen molar-refractivity contribution in [3.8, 4) is 0 Å². The minimum Gasteiger partial charge on any atom is -0.348 e. The molecule has 3 rings (SSSR count). The highest BCUT2D eigenvalue weighted by atomic mass is 19.1. The molecule has 122 valence electrons. The Balaban J connectivity index is 1.79. The van der Waals surface area contributed by atoms with Gasteiger partial charge in [0.25, 0.3) is 0 Å². The molecule has 0 aliphatic carbocycles. The lowest BCUT2D eigenvalue weighted by Crippen LogP contribution is -2.44. The molecule has 4 nitrogen and oxygen atoms in total. The number of fused-ring (bicyclic) bond motifs is 1. The standard InChI is InChI=1S/C18H22FN3O/c1-3-5-17-16-6-4-9-21(16)10-11-22(17)18(23)20-14-8-7-13(2)15(19)12-14/h4,6-9,12,17H,3,5,10-11H2,1-2H3,(H,20,23)/t17-/m1/s1. The van der Waals surface area contributed by atoms with Gasteiger partial charge in [0.2, 0.25) is 0 Å². The van der Waals surface area contributed by atoms with Gasteiger partial charge in [0.1, 0.15) is 5.82 Å². The Hall–Kier alpha value is -2.30.